The summed E-state index contributed by atoms with van der Waals surface area (Å²) < 4.78 is 63.5. The van der Waals surface area contributed by atoms with Crippen LogP contribution in [-0.4, -0.2) is 41.1 Å². The first kappa shape index (κ1) is 26.0. The molecule has 38 heavy (non-hydrogen) atoms. The Morgan fingerprint density at radius 1 is 1.11 bits per heavy atom. The van der Waals surface area contributed by atoms with Crippen LogP contribution in [-0.2, 0) is 28.7 Å². The van der Waals surface area contributed by atoms with Crippen LogP contribution in [0.2, 0.25) is 5.02 Å². The molecule has 2 aromatic heterocycles. The van der Waals surface area contributed by atoms with E-state index in [1.165, 1.54) is 40.4 Å². The van der Waals surface area contributed by atoms with Crippen molar-refractivity contribution in [3.05, 3.63) is 105 Å². The fraction of sp³-hybridized carbons (Fsp3) is 0.192. The van der Waals surface area contributed by atoms with Gasteiger partial charge in [-0.15, -0.1) is 0 Å². The highest BCUT2D eigenvalue weighted by Crippen LogP contribution is 2.35. The molecular formula is C26H21ClF2N4O4S. The lowest BCUT2D eigenvalue weighted by atomic mass is 10.0. The molecule has 8 nitrogen and oxygen atoms in total. The van der Waals surface area contributed by atoms with E-state index >= 15 is 4.39 Å². The summed E-state index contributed by atoms with van der Waals surface area (Å²) in [5.41, 5.74) is 1.44. The fourth-order valence-corrected chi connectivity index (χ4v) is 6.17. The Hall–Kier alpha value is -3.67. The molecule has 0 bridgehead atoms. The normalized spacial score (nSPS) is 13.8. The van der Waals surface area contributed by atoms with Crippen molar-refractivity contribution in [1.29, 1.82) is 0 Å². The third kappa shape index (κ3) is 5.04. The van der Waals surface area contributed by atoms with Crippen molar-refractivity contribution in [3.63, 3.8) is 0 Å². The van der Waals surface area contributed by atoms with Gasteiger partial charge in [-0.05, 0) is 47.5 Å². The SMILES string of the molecule is COc1cc(-c2cc(F)cc(Cl)c2)c(F)cc1-n1c2c(ccc1=O)CN(S(=O)(=O)Cc1cccnn1)CC2. The minimum absolute atomic E-state index is 0.0306. The topological polar surface area (TPSA) is 94.4 Å². The van der Waals surface area contributed by atoms with Crippen molar-refractivity contribution in [2.75, 3.05) is 13.7 Å². The van der Waals surface area contributed by atoms with Gasteiger partial charge in [-0.25, -0.2) is 17.2 Å². The van der Waals surface area contributed by atoms with Crippen LogP contribution < -0.4 is 10.3 Å². The summed E-state index contributed by atoms with van der Waals surface area (Å²) in [4.78, 5) is 13.0. The van der Waals surface area contributed by atoms with Crippen LogP contribution in [0, 0.1) is 11.6 Å². The third-order valence-electron chi connectivity index (χ3n) is 6.27. The quantitative estimate of drug-likeness (QED) is 0.353. The van der Waals surface area contributed by atoms with Gasteiger partial charge < -0.3 is 4.74 Å². The minimum atomic E-state index is -3.71. The van der Waals surface area contributed by atoms with Crippen molar-refractivity contribution in [3.8, 4) is 22.6 Å². The molecule has 1 aliphatic rings. The first-order valence-electron chi connectivity index (χ1n) is 11.5. The Balaban J connectivity index is 1.54. The van der Waals surface area contributed by atoms with Crippen molar-refractivity contribution in [2.24, 2.45) is 0 Å². The van der Waals surface area contributed by atoms with Gasteiger partial charge in [0.05, 0.1) is 18.5 Å². The maximum Gasteiger partial charge on any atom is 0.255 e. The van der Waals surface area contributed by atoms with Gasteiger partial charge in [0.25, 0.3) is 5.56 Å². The smallest absolute Gasteiger partial charge is 0.255 e. The molecular weight excluding hydrogens is 538 g/mol. The number of rotatable bonds is 6. The maximum atomic E-state index is 15.4. The zero-order valence-corrected chi connectivity index (χ0v) is 21.6. The van der Waals surface area contributed by atoms with E-state index in [1.54, 1.807) is 18.2 Å². The van der Waals surface area contributed by atoms with E-state index in [9.17, 15) is 17.6 Å². The number of halogens is 3. The van der Waals surface area contributed by atoms with E-state index in [0.717, 1.165) is 18.2 Å². The summed E-state index contributed by atoms with van der Waals surface area (Å²) >= 11 is 5.95. The lowest BCUT2D eigenvalue weighted by Crippen LogP contribution is -2.39. The Bertz CT molecular complexity index is 1680. The van der Waals surface area contributed by atoms with Crippen molar-refractivity contribution >= 4 is 21.6 Å². The van der Waals surface area contributed by atoms with Crippen LogP contribution in [0.15, 0.2) is 65.6 Å². The number of hydrogen-bond donors (Lipinski definition) is 0. The molecule has 0 N–H and O–H groups in total. The van der Waals surface area contributed by atoms with Crippen molar-refractivity contribution in [1.82, 2.24) is 19.1 Å². The van der Waals surface area contributed by atoms with E-state index in [4.69, 9.17) is 16.3 Å². The Morgan fingerprint density at radius 2 is 1.92 bits per heavy atom. The van der Waals surface area contributed by atoms with Gasteiger partial charge in [0.2, 0.25) is 10.0 Å². The van der Waals surface area contributed by atoms with E-state index in [2.05, 4.69) is 10.2 Å². The molecule has 3 heterocycles. The summed E-state index contributed by atoms with van der Waals surface area (Å²) in [5.74, 6) is -1.46. The van der Waals surface area contributed by atoms with Crippen molar-refractivity contribution in [2.45, 2.75) is 18.7 Å². The predicted molar refractivity (Wildman–Crippen MR) is 138 cm³/mol. The molecule has 4 aromatic rings. The number of pyridine rings is 1. The van der Waals surface area contributed by atoms with Crippen LogP contribution in [0.3, 0.4) is 0 Å². The first-order chi connectivity index (χ1) is 18.2. The van der Waals surface area contributed by atoms with Gasteiger partial charge in [-0.1, -0.05) is 17.7 Å². The Kier molecular flexibility index (Phi) is 6.99. The van der Waals surface area contributed by atoms with Gasteiger partial charge in [0, 0.05) is 54.1 Å². The van der Waals surface area contributed by atoms with Gasteiger partial charge in [-0.3, -0.25) is 9.36 Å². The summed E-state index contributed by atoms with van der Waals surface area (Å²) in [6, 6.07) is 12.3. The number of methoxy groups -OCH3 is 1. The number of hydrogen-bond acceptors (Lipinski definition) is 6. The molecule has 2 aromatic carbocycles. The summed E-state index contributed by atoms with van der Waals surface area (Å²) in [6.07, 6.45) is 1.67. The van der Waals surface area contributed by atoms with Crippen LogP contribution in [0.4, 0.5) is 8.78 Å². The number of sulfonamides is 1. The zero-order valence-electron chi connectivity index (χ0n) is 20.1. The highest BCUT2D eigenvalue weighted by atomic mass is 35.5. The number of fused-ring (bicyclic) bond motifs is 1. The molecule has 196 valence electrons. The second kappa shape index (κ2) is 10.2. The fourth-order valence-electron chi connectivity index (χ4n) is 4.54. The monoisotopic (exact) mass is 558 g/mol. The molecule has 0 saturated carbocycles. The highest BCUT2D eigenvalue weighted by Gasteiger charge is 2.30. The first-order valence-corrected chi connectivity index (χ1v) is 13.5. The number of nitrogens with zero attached hydrogens (tertiary/aromatic N) is 4. The summed E-state index contributed by atoms with van der Waals surface area (Å²) in [7, 11) is -2.34. The number of benzene rings is 2. The average molecular weight is 559 g/mol. The summed E-state index contributed by atoms with van der Waals surface area (Å²) in [6.45, 7) is 0.145. The molecule has 12 heteroatoms. The number of ether oxygens (including phenoxy) is 1. The predicted octanol–water partition coefficient (Wildman–Crippen LogP) is 4.12. The van der Waals surface area contributed by atoms with Crippen LogP contribution in [0.25, 0.3) is 16.8 Å². The Morgan fingerprint density at radius 3 is 2.63 bits per heavy atom. The largest absolute Gasteiger partial charge is 0.495 e. The van der Waals surface area contributed by atoms with Crippen LogP contribution in [0.1, 0.15) is 17.0 Å². The van der Waals surface area contributed by atoms with Gasteiger partial charge in [0.15, 0.2) is 0 Å². The van der Waals surface area contributed by atoms with E-state index in [-0.39, 0.29) is 52.8 Å². The molecule has 0 fully saturated rings. The second-order valence-corrected chi connectivity index (χ2v) is 11.1. The standard InChI is InChI=1S/C26H21ClF2N4O4S/c1-37-25-12-21(17-9-18(27)11-19(28)10-17)22(29)13-24(25)33-23-6-8-32(14-16(23)4-5-26(33)34)38(35,36)15-20-3-2-7-30-31-20/h2-5,7,9-13H,6,8,14-15H2,1H3. The second-order valence-electron chi connectivity index (χ2n) is 8.70. The lowest BCUT2D eigenvalue weighted by molar-refractivity contribution is 0.381. The van der Waals surface area contributed by atoms with E-state index in [0.29, 0.717) is 17.0 Å². The molecule has 0 aliphatic carbocycles. The molecule has 0 amide bonds. The summed E-state index contributed by atoms with van der Waals surface area (Å²) in [5, 5.41) is 7.69. The average Bonchev–Trinajstić information content (AvgIpc) is 2.88. The van der Waals surface area contributed by atoms with Gasteiger partial charge in [-0.2, -0.15) is 14.5 Å². The van der Waals surface area contributed by atoms with Gasteiger partial charge >= 0.3 is 0 Å². The molecule has 0 radical (unpaired) electrons. The zero-order chi connectivity index (χ0) is 27.0. The van der Waals surface area contributed by atoms with E-state index < -0.39 is 27.2 Å². The molecule has 0 atom stereocenters. The Labute approximate surface area is 222 Å². The highest BCUT2D eigenvalue weighted by molar-refractivity contribution is 7.88. The molecule has 0 spiro atoms. The minimum Gasteiger partial charge on any atom is -0.495 e. The van der Waals surface area contributed by atoms with Crippen LogP contribution >= 0.6 is 11.6 Å². The van der Waals surface area contributed by atoms with Gasteiger partial charge in [0.1, 0.15) is 23.1 Å². The molecule has 0 unspecified atom stereocenters. The molecule has 0 saturated heterocycles. The van der Waals surface area contributed by atoms with Crippen LogP contribution in [0.5, 0.6) is 5.75 Å². The van der Waals surface area contributed by atoms with E-state index in [1.807, 2.05) is 0 Å². The molecule has 1 aliphatic heterocycles. The molecule has 5 rings (SSSR count). The lowest BCUT2D eigenvalue weighted by Gasteiger charge is -2.30. The maximum absolute atomic E-state index is 15.4. The number of aromatic nitrogens is 3. The van der Waals surface area contributed by atoms with Crippen molar-refractivity contribution < 1.29 is 21.9 Å². The third-order valence-corrected chi connectivity index (χ3v) is 8.24.